The zero-order valence-corrected chi connectivity index (χ0v) is 30.6. The Morgan fingerprint density at radius 2 is 1.61 bits per heavy atom. The van der Waals surface area contributed by atoms with Gasteiger partial charge >= 0.3 is 13.2 Å². The highest BCUT2D eigenvalue weighted by Gasteiger charge is 2.51. The Hall–Kier alpha value is -2.30. The number of carbonyl (C=O) groups is 1. The minimum atomic E-state index is -2.06. The molecule has 2 aromatic heterocycles. The van der Waals surface area contributed by atoms with Crippen molar-refractivity contribution in [2.24, 2.45) is 5.92 Å². The molecule has 4 rings (SSSR count). The van der Waals surface area contributed by atoms with Crippen LogP contribution in [0.2, 0.25) is 16.6 Å². The van der Waals surface area contributed by atoms with Crippen LogP contribution in [0.1, 0.15) is 108 Å². The molecule has 2 aromatic rings. The van der Waals surface area contributed by atoms with E-state index in [0.29, 0.717) is 16.6 Å². The van der Waals surface area contributed by atoms with Crippen LogP contribution in [-0.2, 0) is 14.0 Å². The van der Waals surface area contributed by atoms with Crippen molar-refractivity contribution in [2.75, 3.05) is 7.11 Å². The van der Waals surface area contributed by atoms with E-state index in [1.54, 1.807) is 7.11 Å². The predicted octanol–water partition coefficient (Wildman–Crippen LogP) is 8.39. The van der Waals surface area contributed by atoms with Crippen molar-refractivity contribution in [1.82, 2.24) is 14.5 Å². The Labute approximate surface area is 266 Å². The van der Waals surface area contributed by atoms with E-state index in [2.05, 4.69) is 97.0 Å². The molecule has 1 saturated carbocycles. The van der Waals surface area contributed by atoms with Gasteiger partial charge in [0.25, 0.3) is 0 Å². The molecule has 1 saturated heterocycles. The minimum absolute atomic E-state index is 0.0207. The molecule has 2 fully saturated rings. The van der Waals surface area contributed by atoms with Gasteiger partial charge in [-0.2, -0.15) is 0 Å². The SMILES string of the molecule is COc1cnc2c(ccn2[Si](C(C)C)(C(C)C)C(C)C)c1/C(=C/B1OC(C)(C)C(C)(C)O1)C1CC(NC(=O)OC(C)(C)C)C1. The van der Waals surface area contributed by atoms with Crippen molar-refractivity contribution in [1.29, 1.82) is 0 Å². The first-order chi connectivity index (χ1) is 20.2. The molecule has 0 unspecified atom stereocenters. The number of nitrogens with one attached hydrogen (secondary N) is 1. The van der Waals surface area contributed by atoms with E-state index in [0.717, 1.165) is 40.8 Å². The quantitative estimate of drug-likeness (QED) is 0.282. The fraction of sp³-hybridized carbons (Fsp3) is 0.706. The lowest BCUT2D eigenvalue weighted by molar-refractivity contribution is 0.00578. The number of methoxy groups -OCH3 is 1. The molecular formula is C34H56BN3O5Si. The van der Waals surface area contributed by atoms with Gasteiger partial charge in [-0.05, 0) is 102 Å². The number of carbonyl (C=O) groups excluding carboxylic acids is 1. The Kier molecular flexibility index (Phi) is 9.54. The van der Waals surface area contributed by atoms with Gasteiger partial charge in [-0.1, -0.05) is 47.5 Å². The van der Waals surface area contributed by atoms with Gasteiger partial charge in [-0.25, -0.2) is 9.78 Å². The van der Waals surface area contributed by atoms with Crippen molar-refractivity contribution in [3.8, 4) is 5.75 Å². The summed E-state index contributed by atoms with van der Waals surface area (Å²) in [4.78, 5) is 17.6. The largest absolute Gasteiger partial charge is 0.494 e. The molecule has 1 aliphatic heterocycles. The molecule has 0 spiro atoms. The number of hydrogen-bond acceptors (Lipinski definition) is 6. The van der Waals surface area contributed by atoms with Crippen molar-refractivity contribution in [2.45, 2.75) is 142 Å². The number of hydrogen-bond donors (Lipinski definition) is 1. The Morgan fingerprint density at radius 3 is 2.09 bits per heavy atom. The first-order valence-corrected chi connectivity index (χ1v) is 18.5. The van der Waals surface area contributed by atoms with Gasteiger partial charge in [0.05, 0.1) is 24.5 Å². The summed E-state index contributed by atoms with van der Waals surface area (Å²) in [6.45, 7) is 28.2. The van der Waals surface area contributed by atoms with E-state index in [4.69, 9.17) is 23.8 Å². The van der Waals surface area contributed by atoms with E-state index < -0.39 is 32.2 Å². The van der Waals surface area contributed by atoms with Gasteiger partial charge in [0.1, 0.15) is 17.0 Å². The van der Waals surface area contributed by atoms with Crippen molar-refractivity contribution in [3.63, 3.8) is 0 Å². The number of ether oxygens (including phenoxy) is 2. The van der Waals surface area contributed by atoms with Crippen LogP contribution in [0.15, 0.2) is 24.4 Å². The molecule has 3 heterocycles. The molecule has 2 aliphatic rings. The third kappa shape index (κ3) is 6.23. The molecule has 10 heteroatoms. The van der Waals surface area contributed by atoms with Crippen molar-refractivity contribution >= 4 is 38.1 Å². The molecule has 0 aromatic carbocycles. The number of aromatic nitrogens is 2. The maximum atomic E-state index is 12.6. The van der Waals surface area contributed by atoms with E-state index in [1.807, 2.05) is 27.0 Å². The van der Waals surface area contributed by atoms with Gasteiger partial charge in [0.2, 0.25) is 0 Å². The monoisotopic (exact) mass is 625 g/mol. The first-order valence-electron chi connectivity index (χ1n) is 16.4. The topological polar surface area (TPSA) is 83.8 Å². The fourth-order valence-electron chi connectivity index (χ4n) is 7.66. The van der Waals surface area contributed by atoms with E-state index in [1.165, 1.54) is 0 Å². The molecule has 0 atom stereocenters. The molecule has 1 N–H and O–H groups in total. The summed E-state index contributed by atoms with van der Waals surface area (Å²) in [6.07, 6.45) is 5.33. The molecule has 8 nitrogen and oxygen atoms in total. The summed E-state index contributed by atoms with van der Waals surface area (Å²) < 4.78 is 27.0. The second kappa shape index (κ2) is 12.1. The van der Waals surface area contributed by atoms with Gasteiger partial charge in [0, 0.05) is 17.0 Å². The number of amides is 1. The molecule has 0 radical (unpaired) electrons. The summed E-state index contributed by atoms with van der Waals surface area (Å²) in [7, 11) is -0.871. The lowest BCUT2D eigenvalue weighted by Crippen LogP contribution is -2.51. The molecule has 1 amide bonds. The van der Waals surface area contributed by atoms with Crippen LogP contribution < -0.4 is 10.1 Å². The molecular weight excluding hydrogens is 569 g/mol. The van der Waals surface area contributed by atoms with Gasteiger partial charge in [-0.15, -0.1) is 0 Å². The zero-order chi connectivity index (χ0) is 33.0. The van der Waals surface area contributed by atoms with Gasteiger partial charge < -0.3 is 28.3 Å². The summed E-state index contributed by atoms with van der Waals surface area (Å²) in [5, 5.41) is 4.14. The van der Waals surface area contributed by atoms with E-state index in [9.17, 15) is 4.79 Å². The third-order valence-corrected chi connectivity index (χ3v) is 17.0. The van der Waals surface area contributed by atoms with Gasteiger partial charge in [0.15, 0.2) is 8.24 Å². The smallest absolute Gasteiger partial charge is 0.487 e. The first kappa shape index (κ1) is 34.6. The lowest BCUT2D eigenvalue weighted by atomic mass is 9.69. The van der Waals surface area contributed by atoms with Crippen molar-refractivity contribution in [3.05, 3.63) is 30.0 Å². The number of rotatable bonds is 9. The summed E-state index contributed by atoms with van der Waals surface area (Å²) >= 11 is 0. The van der Waals surface area contributed by atoms with Crippen molar-refractivity contribution < 1.29 is 23.6 Å². The lowest BCUT2D eigenvalue weighted by Gasteiger charge is -2.44. The molecule has 1 aliphatic carbocycles. The van der Waals surface area contributed by atoms with Crippen LogP contribution in [0, 0.1) is 5.92 Å². The van der Waals surface area contributed by atoms with Crippen LogP contribution >= 0.6 is 0 Å². The maximum absolute atomic E-state index is 12.6. The summed E-state index contributed by atoms with van der Waals surface area (Å²) in [5.74, 6) is 3.03. The summed E-state index contributed by atoms with van der Waals surface area (Å²) in [6, 6.07) is 2.25. The highest BCUT2D eigenvalue weighted by molar-refractivity contribution is 6.82. The fourth-order valence-corrected chi connectivity index (χ4v) is 14.2. The Balaban J connectivity index is 1.83. The van der Waals surface area contributed by atoms with Crippen LogP contribution in [0.25, 0.3) is 16.6 Å². The molecule has 0 bridgehead atoms. The number of fused-ring (bicyclic) bond motifs is 1. The second-order valence-electron chi connectivity index (χ2n) is 15.7. The highest BCUT2D eigenvalue weighted by atomic mass is 28.3. The zero-order valence-electron chi connectivity index (χ0n) is 29.6. The number of allylic oxidation sites excluding steroid dienone is 1. The predicted molar refractivity (Wildman–Crippen MR) is 183 cm³/mol. The summed E-state index contributed by atoms with van der Waals surface area (Å²) in [5.41, 5.74) is 3.26. The van der Waals surface area contributed by atoms with Gasteiger partial charge in [-0.3, -0.25) is 0 Å². The maximum Gasteiger partial charge on any atom is 0.487 e. The van der Waals surface area contributed by atoms with Crippen LogP contribution in [0.5, 0.6) is 5.75 Å². The highest BCUT2D eigenvalue weighted by Crippen LogP contribution is 2.49. The standard InChI is InChI=1S/C34H56BN3O5Si/c1-21(2)44(22(3)4,23(5)6)38-16-15-26-29(28(40-14)20-36-30(26)38)27(19-35-42-33(10,11)34(12,13)43-35)24-17-25(18-24)37-31(39)41-32(7,8)9/h15-16,19-25H,17-18H2,1-14H3,(H,37,39)/b27-19+. The number of alkyl carbamates (subject to hydrolysis) is 1. The normalized spacial score (nSPS) is 22.2. The van der Waals surface area contributed by atoms with Crippen LogP contribution in [0.3, 0.4) is 0 Å². The molecule has 244 valence electrons. The van der Waals surface area contributed by atoms with Crippen LogP contribution in [0.4, 0.5) is 4.79 Å². The van der Waals surface area contributed by atoms with E-state index in [-0.39, 0.29) is 18.1 Å². The average molecular weight is 626 g/mol. The van der Waals surface area contributed by atoms with E-state index >= 15 is 0 Å². The number of pyridine rings is 1. The Morgan fingerprint density at radius 1 is 1.07 bits per heavy atom. The molecule has 44 heavy (non-hydrogen) atoms. The minimum Gasteiger partial charge on any atom is -0.494 e. The average Bonchev–Trinajstić information content (AvgIpc) is 3.35. The number of nitrogens with zero attached hydrogens (tertiary/aromatic N) is 2. The van der Waals surface area contributed by atoms with Crippen LogP contribution in [-0.4, -0.2) is 60.6 Å². The third-order valence-electron chi connectivity index (χ3n) is 10.3. The Bertz CT molecular complexity index is 1350. The second-order valence-corrected chi connectivity index (χ2v) is 21.5.